The zero-order valence-corrected chi connectivity index (χ0v) is 54.1. The van der Waals surface area contributed by atoms with Crippen molar-refractivity contribution < 1.29 is 67.7 Å². The number of esters is 1. The van der Waals surface area contributed by atoms with Gasteiger partial charge in [-0.1, -0.05) is 155 Å². The Morgan fingerprint density at radius 3 is 1.53 bits per heavy atom. The van der Waals surface area contributed by atoms with E-state index in [1.54, 1.807) is 85.8 Å². The standard InChI is InChI=1S/C64H100N12O14/c1-12-35(5)50(73-57(82)44(67-11)31-41-24-18-16-19-25-41)61(86)70-46(33-77)59(84)68-43(28-22-23-29-49(65)66)56(81)72-52(37(7)14-3)63(88)74-51(36(6)13-2)62(87)71-47(34-78)60(85)76-54-40(10)90-64(89)53(38(8)15-4)75-58(83)45(32-42-26-20-17-21-27-42)69-55(80)39(9)30-48(54)79/h16-21,24-27,35-40,43-47,50-54,67,77-78H,12-15,22-23,28-34H2,1-11H3,(H3,65,66)(H,68,84)(H,69,80)(H,70,86)(H,71,87)(H,72,81)(H,73,82)(H,74,88)(H,75,83)(H,76,85)/t35-,36-,37+,38-,39+,40-,43+,44+,45-,46-,47-,50-,51-,52+,53-,54+/m0/s1. The molecule has 2 aromatic carbocycles. The highest BCUT2D eigenvalue weighted by Gasteiger charge is 2.41. The van der Waals surface area contributed by atoms with Gasteiger partial charge in [-0.2, -0.15) is 0 Å². The first-order chi connectivity index (χ1) is 42.7. The third-order valence-corrected chi connectivity index (χ3v) is 16.8. The molecule has 500 valence electrons. The fourth-order valence-electron chi connectivity index (χ4n) is 10.0. The molecular weight excluding hydrogens is 1160 g/mol. The van der Waals surface area contributed by atoms with Gasteiger partial charge in [-0.25, -0.2) is 4.79 Å². The molecule has 16 atom stereocenters. The molecule has 2 aromatic rings. The number of Topliss-reactive ketones (excluding diaryl/α,β-unsaturated/α-hetero) is 1. The van der Waals surface area contributed by atoms with E-state index in [0.29, 0.717) is 37.7 Å². The minimum absolute atomic E-state index is 0.0545. The van der Waals surface area contributed by atoms with E-state index in [4.69, 9.17) is 15.9 Å². The van der Waals surface area contributed by atoms with E-state index in [2.05, 4.69) is 53.2 Å². The zero-order valence-electron chi connectivity index (χ0n) is 54.1. The number of aliphatic hydroxyl groups is 2. The minimum atomic E-state index is -1.77. The summed E-state index contributed by atoms with van der Waals surface area (Å²) in [5.74, 6) is -12.3. The number of aliphatic hydroxyl groups excluding tert-OH is 2. The molecule has 3 rings (SSSR count). The summed E-state index contributed by atoms with van der Waals surface area (Å²) in [5.41, 5.74) is 7.19. The molecule has 0 saturated carbocycles. The second-order valence-corrected chi connectivity index (χ2v) is 23.8. The molecule has 1 aliphatic heterocycles. The van der Waals surface area contributed by atoms with Crippen LogP contribution in [0.3, 0.4) is 0 Å². The van der Waals surface area contributed by atoms with E-state index >= 15 is 0 Å². The first-order valence-corrected chi connectivity index (χ1v) is 31.4. The lowest BCUT2D eigenvalue weighted by molar-refractivity contribution is -0.157. The highest BCUT2D eigenvalue weighted by Crippen LogP contribution is 2.19. The monoisotopic (exact) mass is 1260 g/mol. The summed E-state index contributed by atoms with van der Waals surface area (Å²) < 4.78 is 5.80. The molecule has 0 radical (unpaired) electrons. The Bertz CT molecular complexity index is 2720. The van der Waals surface area contributed by atoms with Gasteiger partial charge in [0.25, 0.3) is 0 Å². The topological polar surface area (TPSA) is 408 Å². The molecular formula is C64H100N12O14. The Kier molecular flexibility index (Phi) is 32.8. The van der Waals surface area contributed by atoms with Crippen molar-refractivity contribution in [1.29, 1.82) is 5.41 Å². The van der Waals surface area contributed by atoms with Gasteiger partial charge in [0.2, 0.25) is 53.2 Å². The molecule has 1 heterocycles. The molecule has 0 spiro atoms. The van der Waals surface area contributed by atoms with Crippen molar-refractivity contribution in [3.05, 3.63) is 71.8 Å². The molecule has 1 aliphatic rings. The number of benzene rings is 2. The lowest BCUT2D eigenvalue weighted by atomic mass is 9.94. The smallest absolute Gasteiger partial charge is 0.329 e. The summed E-state index contributed by atoms with van der Waals surface area (Å²) in [7, 11) is 1.62. The first-order valence-electron chi connectivity index (χ1n) is 31.4. The van der Waals surface area contributed by atoms with Gasteiger partial charge >= 0.3 is 5.97 Å². The van der Waals surface area contributed by atoms with Crippen LogP contribution in [-0.2, 0) is 70.3 Å². The molecule has 0 unspecified atom stereocenters. The maximum atomic E-state index is 14.5. The second kappa shape index (κ2) is 38.6. The van der Waals surface area contributed by atoms with Crippen molar-refractivity contribution in [3.8, 4) is 0 Å². The summed E-state index contributed by atoms with van der Waals surface area (Å²) >= 11 is 0. The summed E-state index contributed by atoms with van der Waals surface area (Å²) in [6, 6.07) is 4.70. The average molecular weight is 1260 g/mol. The number of rotatable bonds is 34. The number of cyclic esters (lactones) is 1. The van der Waals surface area contributed by atoms with Crippen molar-refractivity contribution in [2.24, 2.45) is 35.3 Å². The van der Waals surface area contributed by atoms with Gasteiger partial charge in [-0.05, 0) is 68.0 Å². The first kappa shape index (κ1) is 76.4. The number of nitrogens with two attached hydrogens (primary N) is 1. The van der Waals surface area contributed by atoms with Crippen molar-refractivity contribution in [3.63, 3.8) is 0 Å². The molecule has 26 nitrogen and oxygen atoms in total. The summed E-state index contributed by atoms with van der Waals surface area (Å²) in [6.07, 6.45) is 0.603. The van der Waals surface area contributed by atoms with E-state index in [-0.39, 0.29) is 37.9 Å². The van der Waals surface area contributed by atoms with Gasteiger partial charge in [0.05, 0.1) is 25.1 Å². The number of amidine groups is 1. The van der Waals surface area contributed by atoms with Crippen molar-refractivity contribution in [2.45, 2.75) is 206 Å². The van der Waals surface area contributed by atoms with E-state index in [9.17, 15) is 63.0 Å². The molecule has 15 N–H and O–H groups in total. The lowest BCUT2D eigenvalue weighted by Gasteiger charge is -2.31. The average Bonchev–Trinajstić information content (AvgIpc) is 1.61. The maximum Gasteiger partial charge on any atom is 0.329 e. The largest absolute Gasteiger partial charge is 0.458 e. The Labute approximate surface area is 528 Å². The molecule has 26 heteroatoms. The van der Waals surface area contributed by atoms with Gasteiger partial charge < -0.3 is 73.9 Å². The Morgan fingerprint density at radius 1 is 0.600 bits per heavy atom. The van der Waals surface area contributed by atoms with Crippen molar-refractivity contribution in [1.82, 2.24) is 53.2 Å². The number of likely N-dealkylation sites (N-methyl/N-ethyl adjacent to an activating group) is 1. The van der Waals surface area contributed by atoms with Crippen LogP contribution in [0.2, 0.25) is 0 Å². The lowest BCUT2D eigenvalue weighted by Crippen LogP contribution is -2.63. The molecule has 0 aliphatic carbocycles. The number of hydrogen-bond acceptors (Lipinski definition) is 16. The summed E-state index contributed by atoms with van der Waals surface area (Å²) in [5, 5.41) is 55.6. The van der Waals surface area contributed by atoms with Crippen LogP contribution >= 0.6 is 0 Å². The van der Waals surface area contributed by atoms with Crippen LogP contribution in [0.5, 0.6) is 0 Å². The van der Waals surface area contributed by atoms with Crippen molar-refractivity contribution in [2.75, 3.05) is 20.3 Å². The number of carbonyl (C=O) groups excluding carboxylic acids is 11. The fraction of sp³-hybridized carbons (Fsp3) is 0.625. The number of carbonyl (C=O) groups is 11. The minimum Gasteiger partial charge on any atom is -0.458 e. The second-order valence-electron chi connectivity index (χ2n) is 23.8. The van der Waals surface area contributed by atoms with E-state index in [1.165, 1.54) is 13.8 Å². The fourth-order valence-corrected chi connectivity index (χ4v) is 10.0. The summed E-state index contributed by atoms with van der Waals surface area (Å²) in [4.78, 5) is 155. The number of amides is 9. The molecule has 0 aromatic heterocycles. The Morgan fingerprint density at radius 2 is 1.06 bits per heavy atom. The number of hydrogen-bond donors (Lipinski definition) is 14. The number of ketones is 1. The predicted octanol–water partition coefficient (Wildman–Crippen LogP) is 0.629. The highest BCUT2D eigenvalue weighted by molar-refractivity contribution is 5.99. The van der Waals surface area contributed by atoms with Crippen LogP contribution in [0.15, 0.2) is 60.7 Å². The predicted molar refractivity (Wildman–Crippen MR) is 337 cm³/mol. The van der Waals surface area contributed by atoms with E-state index in [1.807, 2.05) is 37.3 Å². The van der Waals surface area contributed by atoms with Crippen LogP contribution in [0.1, 0.15) is 138 Å². The zero-order chi connectivity index (χ0) is 67.4. The third kappa shape index (κ3) is 23.8. The summed E-state index contributed by atoms with van der Waals surface area (Å²) in [6.45, 7) is 14.7. The van der Waals surface area contributed by atoms with Gasteiger partial charge in [-0.15, -0.1) is 0 Å². The van der Waals surface area contributed by atoms with Crippen LogP contribution in [0.4, 0.5) is 0 Å². The maximum absolute atomic E-state index is 14.5. The third-order valence-electron chi connectivity index (χ3n) is 16.8. The SMILES string of the molecule is CC[C@@H](C)[C@@H](NC(=O)[C@@H](CCCCC(=N)N)NC(=O)[C@H](CO)NC(=O)[C@@H](NC(=O)[C@@H](Cc1ccccc1)NC)[C@@H](C)CC)C(=O)N[C@H](C(=O)N[C@@H](CO)C(=O)N[C@H]1C(=O)C[C@@H](C)C(=O)N[C@@H](Cc2ccccc2)C(=O)N[C@@H]([C@@H](C)CC)C(=O)O[C@H]1C)[C@@H](C)CC. The van der Waals surface area contributed by atoms with E-state index in [0.717, 1.165) is 5.56 Å². The van der Waals surface area contributed by atoms with Gasteiger partial charge in [0.1, 0.15) is 60.5 Å². The Balaban J connectivity index is 1.88. The van der Waals surface area contributed by atoms with Crippen molar-refractivity contribution >= 4 is 70.8 Å². The number of unbranched alkanes of at least 4 members (excludes halogenated alkanes) is 1. The Hall–Kier alpha value is -7.84. The molecule has 0 bridgehead atoms. The number of nitrogens with one attached hydrogen (secondary N) is 11. The molecule has 90 heavy (non-hydrogen) atoms. The normalized spacial score (nSPS) is 21.0. The highest BCUT2D eigenvalue weighted by atomic mass is 16.5. The van der Waals surface area contributed by atoms with Gasteiger partial charge in [-0.3, -0.25) is 53.4 Å². The van der Waals surface area contributed by atoms with Crippen LogP contribution in [-0.4, -0.2) is 168 Å². The van der Waals surface area contributed by atoms with Crippen LogP contribution in [0, 0.1) is 35.0 Å². The molecule has 1 fully saturated rings. The van der Waals surface area contributed by atoms with Gasteiger partial charge in [0, 0.05) is 25.2 Å². The van der Waals surface area contributed by atoms with Crippen LogP contribution in [0.25, 0.3) is 0 Å². The van der Waals surface area contributed by atoms with E-state index < -0.39 is 181 Å². The molecule has 1 saturated heterocycles. The number of ether oxygens (including phenoxy) is 1. The molecule has 9 amide bonds. The quantitative estimate of drug-likeness (QED) is 0.0198. The van der Waals surface area contributed by atoms with Gasteiger partial charge in [0.15, 0.2) is 5.78 Å². The van der Waals surface area contributed by atoms with Crippen LogP contribution < -0.4 is 58.9 Å².